The van der Waals surface area contributed by atoms with Crippen LogP contribution in [0.15, 0.2) is 111 Å². The summed E-state index contributed by atoms with van der Waals surface area (Å²) in [6.45, 7) is 6.58. The second-order valence-electron chi connectivity index (χ2n) is 14.7. The standard InChI is InChI=1S/C48H45Cl5N8O8/c1-5-68-43-29(24-50)11-7-17-37(43)56-45(64)32-13-9-15-35(39(32)52)58-60-41(26(3)62)47(66)54-31-19-20-34(28(23-31)21-22-49)55-48(67)42(27(4)63)61-59-36-16-10-14-33(40(36)53)46(65)57-38-18-8-12-30(25-51)44(38)69-6-2/h7-20,23,41-42H,5-6,21-22,24-25H2,1-4H3,(H,54,66)(H,55,67)(H,56,64)(H,57,65). The summed E-state index contributed by atoms with van der Waals surface area (Å²) in [5.41, 5.74) is 3.09. The Hall–Kier alpha value is -6.43. The van der Waals surface area contributed by atoms with Crippen molar-refractivity contribution < 1.29 is 38.2 Å². The van der Waals surface area contributed by atoms with Crippen LogP contribution in [-0.4, -0.2) is 66.4 Å². The number of para-hydroxylation sites is 2. The minimum atomic E-state index is -1.64. The first-order valence-corrected chi connectivity index (χ1v) is 23.5. The largest absolute Gasteiger partial charge is 0.491 e. The van der Waals surface area contributed by atoms with Gasteiger partial charge in [-0.25, -0.2) is 0 Å². The van der Waals surface area contributed by atoms with E-state index in [2.05, 4.69) is 41.7 Å². The molecule has 4 N–H and O–H groups in total. The molecule has 0 saturated carbocycles. The highest BCUT2D eigenvalue weighted by Crippen LogP contribution is 2.36. The first-order chi connectivity index (χ1) is 33.1. The Morgan fingerprint density at radius 1 is 0.551 bits per heavy atom. The Bertz CT molecular complexity index is 2810. The highest BCUT2D eigenvalue weighted by atomic mass is 35.5. The van der Waals surface area contributed by atoms with E-state index in [1.54, 1.807) is 50.2 Å². The van der Waals surface area contributed by atoms with Crippen LogP contribution in [0.4, 0.5) is 34.1 Å². The Morgan fingerprint density at radius 3 is 1.42 bits per heavy atom. The molecule has 0 aliphatic rings. The number of anilines is 4. The zero-order valence-electron chi connectivity index (χ0n) is 37.5. The van der Waals surface area contributed by atoms with Gasteiger partial charge in [0.25, 0.3) is 23.6 Å². The van der Waals surface area contributed by atoms with Gasteiger partial charge in [-0.15, -0.1) is 34.8 Å². The number of carbonyl (C=O) groups is 6. The summed E-state index contributed by atoms with van der Waals surface area (Å²) in [5, 5.41) is 26.8. The number of rotatable bonds is 22. The lowest BCUT2D eigenvalue weighted by Crippen LogP contribution is -2.32. The Balaban J connectivity index is 1.29. The number of aryl methyl sites for hydroxylation is 1. The number of nitrogens with one attached hydrogen (secondary N) is 4. The normalized spacial score (nSPS) is 12.0. The van der Waals surface area contributed by atoms with Gasteiger partial charge in [0.15, 0.2) is 11.6 Å². The molecule has 2 atom stereocenters. The predicted octanol–water partition coefficient (Wildman–Crippen LogP) is 11.9. The molecule has 0 saturated heterocycles. The van der Waals surface area contributed by atoms with E-state index in [1.165, 1.54) is 54.6 Å². The molecule has 0 aliphatic heterocycles. The third kappa shape index (κ3) is 13.9. The first-order valence-electron chi connectivity index (χ1n) is 21.1. The number of carbonyl (C=O) groups excluding carboxylic acids is 6. The van der Waals surface area contributed by atoms with E-state index in [4.69, 9.17) is 67.5 Å². The third-order valence-electron chi connectivity index (χ3n) is 9.82. The van der Waals surface area contributed by atoms with Crippen LogP contribution in [0.2, 0.25) is 10.0 Å². The van der Waals surface area contributed by atoms with Gasteiger partial charge in [-0.3, -0.25) is 28.8 Å². The van der Waals surface area contributed by atoms with Crippen molar-refractivity contribution in [2.45, 2.75) is 58.0 Å². The van der Waals surface area contributed by atoms with Crippen LogP contribution in [0, 0.1) is 0 Å². The average molecular weight is 1040 g/mol. The van der Waals surface area contributed by atoms with Gasteiger partial charge >= 0.3 is 0 Å². The maximum atomic E-state index is 13.6. The maximum absolute atomic E-state index is 13.6. The van der Waals surface area contributed by atoms with Crippen molar-refractivity contribution in [1.29, 1.82) is 0 Å². The molecule has 5 aromatic carbocycles. The summed E-state index contributed by atoms with van der Waals surface area (Å²) in [5.74, 6) is -2.94. The predicted molar refractivity (Wildman–Crippen MR) is 269 cm³/mol. The van der Waals surface area contributed by atoms with E-state index in [9.17, 15) is 28.8 Å². The number of hydrogen-bond donors (Lipinski definition) is 4. The van der Waals surface area contributed by atoms with Crippen LogP contribution in [0.25, 0.3) is 0 Å². The van der Waals surface area contributed by atoms with Gasteiger partial charge in [0.1, 0.15) is 22.9 Å². The van der Waals surface area contributed by atoms with Crippen LogP contribution in [-0.2, 0) is 37.4 Å². The van der Waals surface area contributed by atoms with E-state index in [0.29, 0.717) is 52.8 Å². The molecule has 0 bridgehead atoms. The number of ether oxygens (including phenoxy) is 2. The molecule has 0 spiro atoms. The summed E-state index contributed by atoms with van der Waals surface area (Å²) >= 11 is 31.5. The first kappa shape index (κ1) is 53.5. The molecule has 16 nitrogen and oxygen atoms in total. The molecule has 0 radical (unpaired) electrons. The van der Waals surface area contributed by atoms with E-state index in [-0.39, 0.29) is 68.0 Å². The van der Waals surface area contributed by atoms with Crippen molar-refractivity contribution in [3.63, 3.8) is 0 Å². The van der Waals surface area contributed by atoms with Gasteiger partial charge in [-0.2, -0.15) is 20.5 Å². The second-order valence-corrected chi connectivity index (χ2v) is 16.3. The molecular formula is C48H45Cl5N8O8. The van der Waals surface area contributed by atoms with Crippen molar-refractivity contribution >= 4 is 127 Å². The molecule has 0 aromatic heterocycles. The van der Waals surface area contributed by atoms with Crippen LogP contribution in [0.1, 0.15) is 65.1 Å². The summed E-state index contributed by atoms with van der Waals surface area (Å²) in [6.07, 6.45) is 0.198. The van der Waals surface area contributed by atoms with Crippen LogP contribution in [0.3, 0.4) is 0 Å². The minimum Gasteiger partial charge on any atom is -0.491 e. The monoisotopic (exact) mass is 1040 g/mol. The number of halogens is 5. The van der Waals surface area contributed by atoms with Crippen molar-refractivity contribution in [2.75, 3.05) is 40.4 Å². The summed E-state index contributed by atoms with van der Waals surface area (Å²) in [4.78, 5) is 79.3. The fourth-order valence-corrected chi connectivity index (χ4v) is 7.64. The van der Waals surface area contributed by atoms with Crippen molar-refractivity contribution in [1.82, 2.24) is 0 Å². The zero-order chi connectivity index (χ0) is 50.2. The lowest BCUT2D eigenvalue weighted by Gasteiger charge is -2.16. The fraction of sp³-hybridized carbons (Fsp3) is 0.250. The molecule has 5 aromatic rings. The Labute approximate surface area is 422 Å². The quantitative estimate of drug-likeness (QED) is 0.0296. The fourth-order valence-electron chi connectivity index (χ4n) is 6.52. The van der Waals surface area contributed by atoms with Crippen LogP contribution < -0.4 is 30.7 Å². The number of benzene rings is 5. The Morgan fingerprint density at radius 2 is 1.00 bits per heavy atom. The molecule has 2 unspecified atom stereocenters. The van der Waals surface area contributed by atoms with Crippen molar-refractivity contribution in [2.24, 2.45) is 20.5 Å². The molecule has 4 amide bonds. The molecular weight excluding hydrogens is 994 g/mol. The Kier molecular flexibility index (Phi) is 20.0. The lowest BCUT2D eigenvalue weighted by atomic mass is 10.1. The van der Waals surface area contributed by atoms with E-state index in [0.717, 1.165) is 13.8 Å². The van der Waals surface area contributed by atoms with Gasteiger partial charge in [-0.1, -0.05) is 59.6 Å². The molecule has 360 valence electrons. The van der Waals surface area contributed by atoms with Crippen molar-refractivity contribution in [3.8, 4) is 11.5 Å². The molecule has 21 heteroatoms. The van der Waals surface area contributed by atoms with E-state index >= 15 is 0 Å². The SMILES string of the molecule is CCOc1c(CCl)cccc1NC(=O)c1cccc(N=NC(C(C)=O)C(=O)Nc2ccc(NC(=O)C(N=Nc3cccc(C(=O)Nc4cccc(CCl)c4OCC)c3Cl)C(C)=O)c(CCCl)c2)c1Cl. The number of nitrogens with zero attached hydrogens (tertiary/aromatic N) is 4. The number of azo groups is 2. The van der Waals surface area contributed by atoms with Gasteiger partial charge in [0.05, 0.1) is 57.5 Å². The highest BCUT2D eigenvalue weighted by molar-refractivity contribution is 6.37. The van der Waals surface area contributed by atoms with Crippen LogP contribution in [0.5, 0.6) is 11.5 Å². The smallest absolute Gasteiger partial charge is 0.258 e. The average Bonchev–Trinajstić information content (AvgIpc) is 3.31. The van der Waals surface area contributed by atoms with Gasteiger partial charge in [-0.05, 0) is 94.3 Å². The number of alkyl halides is 3. The highest BCUT2D eigenvalue weighted by Gasteiger charge is 2.27. The number of amides is 4. The number of hydrogen-bond acceptors (Lipinski definition) is 12. The molecule has 0 aliphatic carbocycles. The number of ketones is 2. The van der Waals surface area contributed by atoms with E-state index < -0.39 is 47.3 Å². The van der Waals surface area contributed by atoms with Crippen molar-refractivity contribution in [3.05, 3.63) is 129 Å². The van der Waals surface area contributed by atoms with Crippen LogP contribution >= 0.6 is 58.0 Å². The maximum Gasteiger partial charge on any atom is 0.258 e. The van der Waals surface area contributed by atoms with Gasteiger partial charge in [0.2, 0.25) is 12.1 Å². The third-order valence-corrected chi connectivity index (χ3v) is 11.4. The number of Topliss-reactive ketones (excluding diaryl/α,β-unsaturated/α-hetero) is 2. The molecule has 69 heavy (non-hydrogen) atoms. The van der Waals surface area contributed by atoms with Gasteiger partial charge < -0.3 is 30.7 Å². The topological polar surface area (TPSA) is 218 Å². The molecule has 0 fully saturated rings. The second kappa shape index (κ2) is 25.8. The summed E-state index contributed by atoms with van der Waals surface area (Å²) in [7, 11) is 0. The summed E-state index contributed by atoms with van der Waals surface area (Å²) < 4.78 is 11.4. The minimum absolute atomic E-state index is 0.00981. The molecule has 0 heterocycles. The zero-order valence-corrected chi connectivity index (χ0v) is 41.3. The summed E-state index contributed by atoms with van der Waals surface area (Å²) in [6, 6.07) is 20.3. The van der Waals surface area contributed by atoms with Gasteiger partial charge in [0, 0.05) is 28.4 Å². The lowest BCUT2D eigenvalue weighted by molar-refractivity contribution is -0.127. The van der Waals surface area contributed by atoms with E-state index in [1.807, 2.05) is 0 Å². The molecule has 5 rings (SSSR count).